The van der Waals surface area contributed by atoms with Gasteiger partial charge in [-0.1, -0.05) is 29.5 Å². The number of carbonyl (C=O) groups is 3. The van der Waals surface area contributed by atoms with Gasteiger partial charge in [0.15, 0.2) is 17.3 Å². The first-order chi connectivity index (χ1) is 17.7. The van der Waals surface area contributed by atoms with Gasteiger partial charge in [-0.05, 0) is 47.0 Å². The van der Waals surface area contributed by atoms with E-state index >= 15 is 0 Å². The third-order valence-corrected chi connectivity index (χ3v) is 6.13. The van der Waals surface area contributed by atoms with Gasteiger partial charge in [0.05, 0.1) is 17.8 Å². The molecule has 0 fully saturated rings. The van der Waals surface area contributed by atoms with Crippen LogP contribution in [0.1, 0.15) is 36.8 Å². The van der Waals surface area contributed by atoms with Gasteiger partial charge in [0.25, 0.3) is 11.8 Å². The van der Waals surface area contributed by atoms with Crippen molar-refractivity contribution in [2.45, 2.75) is 6.54 Å². The SMILES string of the molecule is CN(C)C(=O)c1[nH]nnc1-c1ccc2c(c1)C(=O)N(c1cc(-c3ccc(F)c(F)c3)ccc1C(=O)O)C2. The van der Waals surface area contributed by atoms with E-state index in [1.807, 2.05) is 0 Å². The number of H-pyrrole nitrogens is 1. The van der Waals surface area contributed by atoms with Gasteiger partial charge in [0.1, 0.15) is 5.69 Å². The maximum absolute atomic E-state index is 13.8. The molecule has 2 N–H and O–H groups in total. The lowest BCUT2D eigenvalue weighted by Crippen LogP contribution is -2.25. The van der Waals surface area contributed by atoms with E-state index in [0.717, 1.165) is 12.1 Å². The van der Waals surface area contributed by atoms with Crippen molar-refractivity contribution in [2.75, 3.05) is 19.0 Å². The summed E-state index contributed by atoms with van der Waals surface area (Å²) in [4.78, 5) is 40.6. The molecule has 0 atom stereocenters. The van der Waals surface area contributed by atoms with Crippen LogP contribution in [0.4, 0.5) is 14.5 Å². The molecule has 11 heteroatoms. The number of anilines is 1. The fourth-order valence-electron chi connectivity index (χ4n) is 4.24. The predicted molar refractivity (Wildman–Crippen MR) is 129 cm³/mol. The average molecular weight is 503 g/mol. The number of amides is 2. The third kappa shape index (κ3) is 4.10. The first kappa shape index (κ1) is 23.8. The average Bonchev–Trinajstić information content (AvgIpc) is 3.49. The molecular weight excluding hydrogens is 484 g/mol. The van der Waals surface area contributed by atoms with E-state index in [-0.39, 0.29) is 35.1 Å². The Morgan fingerprint density at radius 1 is 0.973 bits per heavy atom. The topological polar surface area (TPSA) is 119 Å². The van der Waals surface area contributed by atoms with E-state index in [2.05, 4.69) is 15.4 Å². The highest BCUT2D eigenvalue weighted by molar-refractivity contribution is 6.13. The van der Waals surface area contributed by atoms with Crippen LogP contribution in [0.2, 0.25) is 0 Å². The normalized spacial score (nSPS) is 12.5. The fourth-order valence-corrected chi connectivity index (χ4v) is 4.24. The summed E-state index contributed by atoms with van der Waals surface area (Å²) >= 11 is 0. The number of aromatic amines is 1. The number of benzene rings is 3. The van der Waals surface area contributed by atoms with Gasteiger partial charge in [0, 0.05) is 25.2 Å². The van der Waals surface area contributed by atoms with Crippen LogP contribution in [-0.2, 0) is 6.54 Å². The summed E-state index contributed by atoms with van der Waals surface area (Å²) in [5.74, 6) is -4.08. The zero-order valence-corrected chi connectivity index (χ0v) is 19.6. The summed E-state index contributed by atoms with van der Waals surface area (Å²) in [7, 11) is 3.18. The van der Waals surface area contributed by atoms with Crippen LogP contribution >= 0.6 is 0 Å². The lowest BCUT2D eigenvalue weighted by Gasteiger charge is -2.19. The van der Waals surface area contributed by atoms with Crippen molar-refractivity contribution in [1.82, 2.24) is 20.3 Å². The van der Waals surface area contributed by atoms with Gasteiger partial charge in [-0.2, -0.15) is 0 Å². The molecule has 0 bridgehead atoms. The standard InChI is InChI=1S/C26H19F2N5O4/c1-32(2)25(35)23-22(29-31-30-23)15-3-4-16-12-33(24(34)18(16)9-15)21-11-14(5-7-17(21)26(36)37)13-6-8-19(27)20(28)10-13/h3-11H,12H2,1-2H3,(H,36,37)(H,29,30,31). The van der Waals surface area contributed by atoms with Gasteiger partial charge >= 0.3 is 5.97 Å². The van der Waals surface area contributed by atoms with Crippen molar-refractivity contribution in [3.05, 3.63) is 88.6 Å². The van der Waals surface area contributed by atoms with E-state index < -0.39 is 23.5 Å². The van der Waals surface area contributed by atoms with Gasteiger partial charge in [0.2, 0.25) is 0 Å². The number of carboxylic acid groups (broad SMARTS) is 1. The van der Waals surface area contributed by atoms with Crippen molar-refractivity contribution >= 4 is 23.5 Å². The second kappa shape index (κ2) is 8.94. The Labute approximate surface area is 209 Å². The van der Waals surface area contributed by atoms with Crippen LogP contribution in [0.5, 0.6) is 0 Å². The number of nitrogens with zero attached hydrogens (tertiary/aromatic N) is 4. The van der Waals surface area contributed by atoms with Crippen molar-refractivity contribution in [2.24, 2.45) is 0 Å². The van der Waals surface area contributed by atoms with Crippen LogP contribution in [0.25, 0.3) is 22.4 Å². The summed E-state index contributed by atoms with van der Waals surface area (Å²) < 4.78 is 27.2. The van der Waals surface area contributed by atoms with Crippen molar-refractivity contribution in [3.8, 4) is 22.4 Å². The number of fused-ring (bicyclic) bond motifs is 1. The Balaban J connectivity index is 1.55. The molecular formula is C26H19F2N5O4. The number of hydrogen-bond acceptors (Lipinski definition) is 5. The number of rotatable bonds is 5. The van der Waals surface area contributed by atoms with Crippen molar-refractivity contribution in [3.63, 3.8) is 0 Å². The minimum atomic E-state index is -1.24. The molecule has 0 radical (unpaired) electrons. The summed E-state index contributed by atoms with van der Waals surface area (Å²) in [6, 6.07) is 12.6. The Morgan fingerprint density at radius 3 is 2.38 bits per heavy atom. The van der Waals surface area contributed by atoms with Crippen LogP contribution in [-0.4, -0.2) is 57.3 Å². The number of aromatic nitrogens is 3. The Hall–Kier alpha value is -4.93. The molecule has 9 nitrogen and oxygen atoms in total. The number of aromatic carboxylic acids is 1. The Morgan fingerprint density at radius 2 is 1.68 bits per heavy atom. The molecule has 1 aromatic heterocycles. The first-order valence-corrected chi connectivity index (χ1v) is 11.1. The van der Waals surface area contributed by atoms with Gasteiger partial charge in [-0.25, -0.2) is 13.6 Å². The molecule has 186 valence electrons. The molecule has 0 unspecified atom stereocenters. The number of nitrogens with one attached hydrogen (secondary N) is 1. The smallest absolute Gasteiger partial charge is 0.337 e. The monoisotopic (exact) mass is 503 g/mol. The number of carboxylic acids is 1. The van der Waals surface area contributed by atoms with Crippen LogP contribution in [0.15, 0.2) is 54.6 Å². The summed E-state index contributed by atoms with van der Waals surface area (Å²) in [5, 5.41) is 20.1. The Kier molecular flexibility index (Phi) is 5.75. The summed E-state index contributed by atoms with van der Waals surface area (Å²) in [6.45, 7) is 0.0955. The number of halogens is 2. The zero-order valence-electron chi connectivity index (χ0n) is 19.6. The number of carbonyl (C=O) groups excluding carboxylic acids is 2. The highest BCUT2D eigenvalue weighted by Crippen LogP contribution is 2.36. The van der Waals surface area contributed by atoms with Gasteiger partial charge in [-0.3, -0.25) is 14.7 Å². The van der Waals surface area contributed by atoms with E-state index in [4.69, 9.17) is 0 Å². The zero-order chi connectivity index (χ0) is 26.4. The fraction of sp³-hybridized carbons (Fsp3) is 0.115. The number of hydrogen-bond donors (Lipinski definition) is 2. The molecule has 1 aliphatic rings. The maximum Gasteiger partial charge on any atom is 0.337 e. The van der Waals surface area contributed by atoms with E-state index in [1.165, 1.54) is 34.1 Å². The molecule has 37 heavy (non-hydrogen) atoms. The summed E-state index contributed by atoms with van der Waals surface area (Å²) in [6.07, 6.45) is 0. The third-order valence-electron chi connectivity index (χ3n) is 6.13. The summed E-state index contributed by atoms with van der Waals surface area (Å²) in [5.41, 5.74) is 2.63. The Bertz CT molecular complexity index is 1600. The van der Waals surface area contributed by atoms with Crippen LogP contribution in [0.3, 0.4) is 0 Å². The van der Waals surface area contributed by atoms with E-state index in [0.29, 0.717) is 27.8 Å². The van der Waals surface area contributed by atoms with Crippen LogP contribution < -0.4 is 4.90 Å². The quantitative estimate of drug-likeness (QED) is 0.425. The van der Waals surface area contributed by atoms with E-state index in [1.54, 1.807) is 32.3 Å². The van der Waals surface area contributed by atoms with Gasteiger partial charge < -0.3 is 14.9 Å². The molecule has 1 aliphatic heterocycles. The first-order valence-electron chi connectivity index (χ1n) is 11.1. The molecule has 0 saturated heterocycles. The second-order valence-corrected chi connectivity index (χ2v) is 8.66. The molecule has 4 aromatic rings. The lowest BCUT2D eigenvalue weighted by atomic mass is 10.0. The van der Waals surface area contributed by atoms with Gasteiger partial charge in [-0.15, -0.1) is 5.10 Å². The minimum Gasteiger partial charge on any atom is -0.478 e. The highest BCUT2D eigenvalue weighted by atomic mass is 19.2. The van der Waals surface area contributed by atoms with Crippen molar-refractivity contribution in [1.29, 1.82) is 0 Å². The lowest BCUT2D eigenvalue weighted by molar-refractivity contribution is 0.0697. The molecule has 5 rings (SSSR count). The minimum absolute atomic E-state index is 0.0955. The van der Waals surface area contributed by atoms with Crippen molar-refractivity contribution < 1.29 is 28.3 Å². The largest absolute Gasteiger partial charge is 0.478 e. The maximum atomic E-state index is 13.8. The molecule has 0 spiro atoms. The highest BCUT2D eigenvalue weighted by Gasteiger charge is 2.32. The molecule has 2 amide bonds. The molecule has 0 saturated carbocycles. The van der Waals surface area contributed by atoms with Crippen LogP contribution in [0, 0.1) is 11.6 Å². The molecule has 3 aromatic carbocycles. The molecule has 2 heterocycles. The predicted octanol–water partition coefficient (Wildman–Crippen LogP) is 3.98. The second-order valence-electron chi connectivity index (χ2n) is 8.66. The molecule has 0 aliphatic carbocycles. The van der Waals surface area contributed by atoms with E-state index in [9.17, 15) is 28.3 Å².